The third-order valence-corrected chi connectivity index (χ3v) is 1.03. The molecule has 0 aliphatic rings. The molecule has 0 aliphatic carbocycles. The van der Waals surface area contributed by atoms with Crippen molar-refractivity contribution in [1.82, 2.24) is 0 Å². The predicted octanol–water partition coefficient (Wildman–Crippen LogP) is 0.964. The molecule has 0 radical (unpaired) electrons. The van der Waals surface area contributed by atoms with Gasteiger partial charge in [-0.15, -0.1) is 0 Å². The lowest BCUT2D eigenvalue weighted by Gasteiger charge is -1.92. The van der Waals surface area contributed by atoms with Crippen LogP contribution in [0, 0.1) is 0 Å². The van der Waals surface area contributed by atoms with E-state index in [9.17, 15) is 0 Å². The van der Waals surface area contributed by atoms with Crippen LogP contribution in [0.25, 0.3) is 0 Å². The number of rotatable bonds is 3. The molecule has 0 heterocycles. The van der Waals surface area contributed by atoms with Crippen LogP contribution in [0.4, 0.5) is 0 Å². The second-order valence-electron chi connectivity index (χ2n) is 2.17. The van der Waals surface area contributed by atoms with Gasteiger partial charge in [-0.2, -0.15) is 0 Å². The van der Waals surface area contributed by atoms with Crippen LogP contribution < -0.4 is 11.5 Å². The maximum absolute atomic E-state index is 5.15. The van der Waals surface area contributed by atoms with Crippen LogP contribution >= 0.6 is 0 Å². The molecule has 0 fully saturated rings. The van der Waals surface area contributed by atoms with Crippen molar-refractivity contribution in [2.24, 2.45) is 16.5 Å². The fourth-order valence-electron chi connectivity index (χ4n) is 0.603. The van der Waals surface area contributed by atoms with Crippen molar-refractivity contribution in [1.29, 1.82) is 0 Å². The van der Waals surface area contributed by atoms with Gasteiger partial charge in [-0.25, -0.2) is 4.99 Å². The topological polar surface area (TPSA) is 64.4 Å². The fraction of sp³-hybridized carbons (Fsp3) is 0.571. The molecule has 0 unspecified atom stereocenters. The van der Waals surface area contributed by atoms with Crippen molar-refractivity contribution < 1.29 is 0 Å². The zero-order valence-electron chi connectivity index (χ0n) is 6.59. The molecule has 0 aromatic rings. The zero-order valence-corrected chi connectivity index (χ0v) is 6.59. The summed E-state index contributed by atoms with van der Waals surface area (Å²) in [6, 6.07) is 0. The molecule has 0 atom stereocenters. The molecule has 0 rings (SSSR count). The van der Waals surface area contributed by atoms with Gasteiger partial charge in [-0.3, -0.25) is 0 Å². The highest BCUT2D eigenvalue weighted by molar-refractivity contribution is 5.76. The normalized spacial score (nSPS) is 11.2. The minimum absolute atomic E-state index is 0.129. The van der Waals surface area contributed by atoms with Gasteiger partial charge in [0.1, 0.15) is 0 Å². The Morgan fingerprint density at radius 1 is 1.50 bits per heavy atom. The van der Waals surface area contributed by atoms with Crippen LogP contribution in [0.5, 0.6) is 0 Å². The fourth-order valence-corrected chi connectivity index (χ4v) is 0.603. The highest BCUT2D eigenvalue weighted by atomic mass is 15.0. The molecule has 0 saturated carbocycles. The average Bonchev–Trinajstić information content (AvgIpc) is 1.82. The van der Waals surface area contributed by atoms with Gasteiger partial charge in [0.2, 0.25) is 0 Å². The van der Waals surface area contributed by atoms with Crippen molar-refractivity contribution in [3.63, 3.8) is 0 Å². The Labute approximate surface area is 61.8 Å². The van der Waals surface area contributed by atoms with E-state index in [4.69, 9.17) is 11.5 Å². The van der Waals surface area contributed by atoms with E-state index in [0.29, 0.717) is 0 Å². The number of guanidine groups is 1. The number of hydrogen-bond donors (Lipinski definition) is 2. The van der Waals surface area contributed by atoms with Gasteiger partial charge in [0.25, 0.3) is 0 Å². The molecule has 0 spiro atoms. The van der Waals surface area contributed by atoms with Gasteiger partial charge in [0.15, 0.2) is 5.96 Å². The summed E-state index contributed by atoms with van der Waals surface area (Å²) < 4.78 is 0. The molecule has 0 aromatic carbocycles. The van der Waals surface area contributed by atoms with Crippen LogP contribution in [0.3, 0.4) is 0 Å². The highest BCUT2D eigenvalue weighted by Gasteiger charge is 1.83. The molecule has 4 N–H and O–H groups in total. The van der Waals surface area contributed by atoms with E-state index in [-0.39, 0.29) is 5.96 Å². The average molecular weight is 141 g/mol. The molecule has 0 bridgehead atoms. The minimum atomic E-state index is 0.129. The van der Waals surface area contributed by atoms with Crippen LogP contribution in [-0.4, -0.2) is 5.96 Å². The van der Waals surface area contributed by atoms with Crippen LogP contribution in [0.15, 0.2) is 16.8 Å². The maximum Gasteiger partial charge on any atom is 0.190 e. The number of nitrogens with zero attached hydrogens (tertiary/aromatic N) is 1. The Kier molecular flexibility index (Phi) is 4.37. The Hall–Kier alpha value is -0.990. The summed E-state index contributed by atoms with van der Waals surface area (Å²) in [5.74, 6) is 0.129. The first-order chi connectivity index (χ1) is 4.66. The monoisotopic (exact) mass is 141 g/mol. The highest BCUT2D eigenvalue weighted by Crippen LogP contribution is 1.97. The summed E-state index contributed by atoms with van der Waals surface area (Å²) in [5, 5.41) is 0. The Balaban J connectivity index is 3.82. The molecule has 0 aromatic heterocycles. The first-order valence-electron chi connectivity index (χ1n) is 3.43. The Morgan fingerprint density at radius 3 is 2.50 bits per heavy atom. The first-order valence-corrected chi connectivity index (χ1v) is 3.43. The smallest absolute Gasteiger partial charge is 0.190 e. The van der Waals surface area contributed by atoms with E-state index in [2.05, 4.69) is 11.9 Å². The van der Waals surface area contributed by atoms with Gasteiger partial charge in [0.05, 0.1) is 0 Å². The number of unbranched alkanes of at least 4 members (excludes halogenated alkanes) is 1. The van der Waals surface area contributed by atoms with Gasteiger partial charge in [0, 0.05) is 5.70 Å². The second kappa shape index (κ2) is 4.85. The van der Waals surface area contributed by atoms with Crippen LogP contribution in [-0.2, 0) is 0 Å². The number of hydrogen-bond acceptors (Lipinski definition) is 1. The number of nitrogens with two attached hydrogens (primary N) is 2. The van der Waals surface area contributed by atoms with Gasteiger partial charge in [-0.1, -0.05) is 19.4 Å². The molecular formula is C7H15N3. The largest absolute Gasteiger partial charge is 0.370 e. The lowest BCUT2D eigenvalue weighted by Crippen LogP contribution is -2.22. The summed E-state index contributed by atoms with van der Waals surface area (Å²) in [6.45, 7) is 3.99. The first kappa shape index (κ1) is 9.01. The van der Waals surface area contributed by atoms with Crippen molar-refractivity contribution in [2.75, 3.05) is 0 Å². The van der Waals surface area contributed by atoms with E-state index in [0.717, 1.165) is 18.5 Å². The van der Waals surface area contributed by atoms with Crippen molar-refractivity contribution in [3.05, 3.63) is 11.8 Å². The van der Waals surface area contributed by atoms with E-state index >= 15 is 0 Å². The summed E-state index contributed by atoms with van der Waals surface area (Å²) >= 11 is 0. The summed E-state index contributed by atoms with van der Waals surface area (Å²) in [7, 11) is 0. The van der Waals surface area contributed by atoms with Gasteiger partial charge < -0.3 is 11.5 Å². The molecule has 10 heavy (non-hydrogen) atoms. The lowest BCUT2D eigenvalue weighted by atomic mass is 10.3. The number of allylic oxidation sites excluding steroid dienone is 2. The van der Waals surface area contributed by atoms with Crippen molar-refractivity contribution in [3.8, 4) is 0 Å². The van der Waals surface area contributed by atoms with Gasteiger partial charge in [-0.05, 0) is 13.3 Å². The molecule has 0 amide bonds. The SMILES string of the molecule is CCC/C=C(/C)N=C(N)N. The molecule has 58 valence electrons. The zero-order chi connectivity index (χ0) is 7.98. The van der Waals surface area contributed by atoms with E-state index in [1.54, 1.807) is 0 Å². The Morgan fingerprint density at radius 2 is 2.10 bits per heavy atom. The Bertz CT molecular complexity index is 143. The van der Waals surface area contributed by atoms with Gasteiger partial charge >= 0.3 is 0 Å². The summed E-state index contributed by atoms with van der Waals surface area (Å²) in [5.41, 5.74) is 11.2. The molecule has 0 aliphatic heterocycles. The minimum Gasteiger partial charge on any atom is -0.370 e. The lowest BCUT2D eigenvalue weighted by molar-refractivity contribution is 0.945. The molecule has 3 nitrogen and oxygen atoms in total. The number of aliphatic imine (C=N–C) groups is 1. The molecule has 0 saturated heterocycles. The van der Waals surface area contributed by atoms with E-state index in [1.165, 1.54) is 0 Å². The van der Waals surface area contributed by atoms with E-state index < -0.39 is 0 Å². The van der Waals surface area contributed by atoms with Crippen LogP contribution in [0.2, 0.25) is 0 Å². The summed E-state index contributed by atoms with van der Waals surface area (Å²) in [6.07, 6.45) is 4.17. The third kappa shape index (κ3) is 5.15. The maximum atomic E-state index is 5.15. The molecular weight excluding hydrogens is 126 g/mol. The second-order valence-corrected chi connectivity index (χ2v) is 2.17. The third-order valence-electron chi connectivity index (χ3n) is 1.03. The van der Waals surface area contributed by atoms with E-state index in [1.807, 2.05) is 13.0 Å². The quantitative estimate of drug-likeness (QED) is 0.454. The standard InChI is InChI=1S/C7H15N3/c1-3-4-5-6(2)10-7(8)9/h5H,3-4H2,1-2H3,(H4,8,9,10)/b6-5-. The predicted molar refractivity (Wildman–Crippen MR) is 44.5 cm³/mol. The van der Waals surface area contributed by atoms with Crippen LogP contribution in [0.1, 0.15) is 26.7 Å². The molecule has 3 heteroatoms. The van der Waals surface area contributed by atoms with Crippen molar-refractivity contribution >= 4 is 5.96 Å². The van der Waals surface area contributed by atoms with Crippen molar-refractivity contribution in [2.45, 2.75) is 26.7 Å². The summed E-state index contributed by atoms with van der Waals surface area (Å²) in [4.78, 5) is 3.85.